The Labute approximate surface area is 144 Å². The van der Waals surface area contributed by atoms with Gasteiger partial charge in [-0.2, -0.15) is 0 Å². The minimum absolute atomic E-state index is 0.0300. The summed E-state index contributed by atoms with van der Waals surface area (Å²) in [6, 6.07) is 8.07. The molecule has 4 heteroatoms. The van der Waals surface area contributed by atoms with Crippen LogP contribution in [0.4, 0.5) is 0 Å². The Bertz CT molecular complexity index is 576. The second-order valence-electron chi connectivity index (χ2n) is 7.27. The zero-order chi connectivity index (χ0) is 16.9. The molecular formula is C20H28N2O2. The predicted octanol–water partition coefficient (Wildman–Crippen LogP) is 3.48. The normalized spacial score (nSPS) is 20.2. The van der Waals surface area contributed by atoms with Crippen LogP contribution in [0.2, 0.25) is 0 Å². The van der Waals surface area contributed by atoms with Gasteiger partial charge in [-0.15, -0.1) is 0 Å². The van der Waals surface area contributed by atoms with Gasteiger partial charge >= 0.3 is 0 Å². The Balaban J connectivity index is 1.53. The molecule has 0 radical (unpaired) electrons. The van der Waals surface area contributed by atoms with E-state index in [1.54, 1.807) is 0 Å². The van der Waals surface area contributed by atoms with Crippen LogP contribution in [0.1, 0.15) is 73.7 Å². The van der Waals surface area contributed by atoms with E-state index in [0.717, 1.165) is 13.0 Å². The average molecular weight is 328 g/mol. The van der Waals surface area contributed by atoms with E-state index in [0.29, 0.717) is 24.4 Å². The molecule has 1 atom stereocenters. The lowest BCUT2D eigenvalue weighted by atomic mass is 9.84. The Morgan fingerprint density at radius 1 is 1.17 bits per heavy atom. The molecule has 0 spiro atoms. The van der Waals surface area contributed by atoms with Gasteiger partial charge in [-0.3, -0.25) is 9.59 Å². The number of carbonyl (C=O) groups excluding carboxylic acids is 2. The van der Waals surface area contributed by atoms with Crippen LogP contribution in [0.3, 0.4) is 0 Å². The summed E-state index contributed by atoms with van der Waals surface area (Å²) in [6.07, 6.45) is 8.11. The van der Waals surface area contributed by atoms with Crippen molar-refractivity contribution in [3.63, 3.8) is 0 Å². The fraction of sp³-hybridized carbons (Fsp3) is 0.600. The van der Waals surface area contributed by atoms with Crippen molar-refractivity contribution in [2.24, 2.45) is 0 Å². The highest BCUT2D eigenvalue weighted by Crippen LogP contribution is 2.32. The van der Waals surface area contributed by atoms with Gasteiger partial charge in [0.05, 0.1) is 0 Å². The quantitative estimate of drug-likeness (QED) is 0.899. The summed E-state index contributed by atoms with van der Waals surface area (Å²) in [4.78, 5) is 25.9. The second kappa shape index (κ2) is 7.82. The molecule has 1 aromatic rings. The van der Waals surface area contributed by atoms with Gasteiger partial charge in [0, 0.05) is 31.1 Å². The second-order valence-corrected chi connectivity index (χ2v) is 7.27. The minimum atomic E-state index is -0.0515. The maximum absolute atomic E-state index is 12.4. The molecule has 2 aliphatic rings. The van der Waals surface area contributed by atoms with E-state index in [1.807, 2.05) is 24.0 Å². The topological polar surface area (TPSA) is 49.4 Å². The van der Waals surface area contributed by atoms with Crippen LogP contribution in [-0.4, -0.2) is 35.8 Å². The summed E-state index contributed by atoms with van der Waals surface area (Å²) in [5.74, 6) is 0.813. The van der Waals surface area contributed by atoms with Crippen LogP contribution in [0.25, 0.3) is 0 Å². The van der Waals surface area contributed by atoms with E-state index >= 15 is 0 Å². The zero-order valence-corrected chi connectivity index (χ0v) is 14.6. The van der Waals surface area contributed by atoms with Gasteiger partial charge in [0.15, 0.2) is 0 Å². The molecule has 2 amide bonds. The highest BCUT2D eigenvalue weighted by atomic mass is 16.2. The number of hydrogen-bond acceptors (Lipinski definition) is 2. The van der Waals surface area contributed by atoms with Crippen molar-refractivity contribution in [3.8, 4) is 0 Å². The number of amides is 2. The van der Waals surface area contributed by atoms with Gasteiger partial charge in [-0.1, -0.05) is 31.4 Å². The highest BCUT2D eigenvalue weighted by molar-refractivity contribution is 5.94. The number of hydrogen-bond donors (Lipinski definition) is 1. The van der Waals surface area contributed by atoms with Gasteiger partial charge in [-0.05, 0) is 49.8 Å². The predicted molar refractivity (Wildman–Crippen MR) is 95.0 cm³/mol. The van der Waals surface area contributed by atoms with Gasteiger partial charge < -0.3 is 10.2 Å². The molecule has 1 saturated heterocycles. The summed E-state index contributed by atoms with van der Waals surface area (Å²) < 4.78 is 0. The van der Waals surface area contributed by atoms with Crippen LogP contribution >= 0.6 is 0 Å². The maximum Gasteiger partial charge on any atom is 0.251 e. The molecule has 1 N–H and O–H groups in total. The fourth-order valence-corrected chi connectivity index (χ4v) is 3.92. The lowest BCUT2D eigenvalue weighted by molar-refractivity contribution is -0.127. The monoisotopic (exact) mass is 328 g/mol. The first kappa shape index (κ1) is 17.0. The van der Waals surface area contributed by atoms with E-state index in [2.05, 4.69) is 17.4 Å². The van der Waals surface area contributed by atoms with Crippen molar-refractivity contribution in [1.82, 2.24) is 10.2 Å². The largest absolute Gasteiger partial charge is 0.348 e. The fourth-order valence-electron chi connectivity index (χ4n) is 3.92. The van der Waals surface area contributed by atoms with E-state index in [1.165, 1.54) is 37.7 Å². The van der Waals surface area contributed by atoms with Crippen LogP contribution < -0.4 is 5.32 Å². The minimum Gasteiger partial charge on any atom is -0.348 e. The van der Waals surface area contributed by atoms with Crippen LogP contribution in [0.15, 0.2) is 24.3 Å². The summed E-state index contributed by atoms with van der Waals surface area (Å²) in [6.45, 7) is 3.37. The lowest BCUT2D eigenvalue weighted by Gasteiger charge is -2.23. The molecule has 1 unspecified atom stereocenters. The number of rotatable bonds is 5. The smallest absolute Gasteiger partial charge is 0.251 e. The number of carbonyl (C=O) groups is 2. The van der Waals surface area contributed by atoms with Gasteiger partial charge in [0.25, 0.3) is 5.91 Å². The molecule has 1 aromatic carbocycles. The van der Waals surface area contributed by atoms with Crippen molar-refractivity contribution in [1.29, 1.82) is 0 Å². The third-order valence-corrected chi connectivity index (χ3v) is 5.29. The zero-order valence-electron chi connectivity index (χ0n) is 14.6. The molecule has 0 bridgehead atoms. The summed E-state index contributed by atoms with van der Waals surface area (Å²) in [5.41, 5.74) is 2.07. The van der Waals surface area contributed by atoms with Crippen LogP contribution in [-0.2, 0) is 4.79 Å². The van der Waals surface area contributed by atoms with E-state index in [4.69, 9.17) is 0 Å². The molecule has 2 fully saturated rings. The van der Waals surface area contributed by atoms with Gasteiger partial charge in [0.1, 0.15) is 0 Å². The first-order valence-corrected chi connectivity index (χ1v) is 9.32. The molecule has 24 heavy (non-hydrogen) atoms. The molecule has 1 aliphatic carbocycles. The first-order chi connectivity index (χ1) is 11.6. The van der Waals surface area contributed by atoms with Crippen molar-refractivity contribution < 1.29 is 9.59 Å². The SMILES string of the molecule is CC(CN1CCCC1=O)NC(=O)c1ccc(C2CCCCC2)cc1. The molecule has 4 nitrogen and oxygen atoms in total. The van der Waals surface area contributed by atoms with Crippen LogP contribution in [0, 0.1) is 0 Å². The lowest BCUT2D eigenvalue weighted by Crippen LogP contribution is -2.42. The summed E-state index contributed by atoms with van der Waals surface area (Å²) in [5, 5.41) is 3.01. The number of benzene rings is 1. The number of nitrogens with zero attached hydrogens (tertiary/aromatic N) is 1. The molecule has 130 valence electrons. The third-order valence-electron chi connectivity index (χ3n) is 5.29. The van der Waals surface area contributed by atoms with Gasteiger partial charge in [-0.25, -0.2) is 0 Å². The summed E-state index contributed by atoms with van der Waals surface area (Å²) in [7, 11) is 0. The molecule has 0 aromatic heterocycles. The molecular weight excluding hydrogens is 300 g/mol. The molecule has 1 aliphatic heterocycles. The van der Waals surface area contributed by atoms with E-state index < -0.39 is 0 Å². The third kappa shape index (κ3) is 4.16. The van der Waals surface area contributed by atoms with Crippen molar-refractivity contribution in [2.45, 2.75) is 63.8 Å². The number of nitrogens with one attached hydrogen (secondary N) is 1. The maximum atomic E-state index is 12.4. The standard InChI is InChI=1S/C20H28N2O2/c1-15(14-22-13-5-8-19(22)23)21-20(24)18-11-9-17(10-12-18)16-6-3-2-4-7-16/h9-12,15-16H,2-8,13-14H2,1H3,(H,21,24). The van der Waals surface area contributed by atoms with E-state index in [9.17, 15) is 9.59 Å². The Hall–Kier alpha value is -1.84. The van der Waals surface area contributed by atoms with Crippen molar-refractivity contribution >= 4 is 11.8 Å². The highest BCUT2D eigenvalue weighted by Gasteiger charge is 2.22. The Morgan fingerprint density at radius 3 is 2.50 bits per heavy atom. The van der Waals surface area contributed by atoms with Crippen molar-refractivity contribution in [3.05, 3.63) is 35.4 Å². The molecule has 3 rings (SSSR count). The first-order valence-electron chi connectivity index (χ1n) is 9.32. The van der Waals surface area contributed by atoms with Crippen molar-refractivity contribution in [2.75, 3.05) is 13.1 Å². The summed E-state index contributed by atoms with van der Waals surface area (Å²) >= 11 is 0. The Kier molecular flexibility index (Phi) is 5.54. The molecule has 1 heterocycles. The Morgan fingerprint density at radius 2 is 1.88 bits per heavy atom. The van der Waals surface area contributed by atoms with Gasteiger partial charge in [0.2, 0.25) is 5.91 Å². The average Bonchev–Trinajstić information content (AvgIpc) is 3.00. The number of likely N-dealkylation sites (tertiary alicyclic amines) is 1. The van der Waals surface area contributed by atoms with E-state index in [-0.39, 0.29) is 17.9 Å². The molecule has 1 saturated carbocycles. The van der Waals surface area contributed by atoms with Crippen LogP contribution in [0.5, 0.6) is 0 Å².